The van der Waals surface area contributed by atoms with E-state index in [1.54, 1.807) is 12.4 Å². The van der Waals surface area contributed by atoms with Crippen LogP contribution >= 0.6 is 0 Å². The van der Waals surface area contributed by atoms with Crippen LogP contribution in [0.25, 0.3) is 11.3 Å². The molecule has 6 rings (SSSR count). The molecule has 2 saturated heterocycles. The largest absolute Gasteiger partial charge is 0.593 e. The van der Waals surface area contributed by atoms with Crippen LogP contribution in [-0.2, 0) is 27.3 Å². The lowest BCUT2D eigenvalue weighted by molar-refractivity contribution is 0.0730. The van der Waals surface area contributed by atoms with E-state index in [9.17, 15) is 4.55 Å². The Hall–Kier alpha value is -3.03. The first-order valence-corrected chi connectivity index (χ1v) is 13.2. The number of hydrogen-bond acceptors (Lipinski definition) is 11. The molecule has 36 heavy (non-hydrogen) atoms. The molecule has 12 heteroatoms. The van der Waals surface area contributed by atoms with Crippen molar-refractivity contribution in [3.05, 3.63) is 42.2 Å². The van der Waals surface area contributed by atoms with Gasteiger partial charge in [-0.15, -0.1) is 4.31 Å². The maximum atomic E-state index is 13.0. The molecule has 0 amide bonds. The van der Waals surface area contributed by atoms with Gasteiger partial charge in [0.15, 0.2) is 4.90 Å². The highest BCUT2D eigenvalue weighted by Crippen LogP contribution is 2.39. The van der Waals surface area contributed by atoms with Crippen molar-refractivity contribution >= 4 is 34.8 Å². The minimum absolute atomic E-state index is 0.231. The Kier molecular flexibility index (Phi) is 6.59. The minimum Gasteiger partial charge on any atom is -0.593 e. The Morgan fingerprint density at radius 1 is 0.861 bits per heavy atom. The summed E-state index contributed by atoms with van der Waals surface area (Å²) in [5.74, 6) is 1.77. The van der Waals surface area contributed by atoms with Gasteiger partial charge in [0.05, 0.1) is 56.6 Å². The molecule has 0 bridgehead atoms. The van der Waals surface area contributed by atoms with Gasteiger partial charge in [-0.25, -0.2) is 15.0 Å². The molecule has 11 nitrogen and oxygen atoms in total. The van der Waals surface area contributed by atoms with Crippen LogP contribution in [0.5, 0.6) is 0 Å². The Labute approximate surface area is 212 Å². The number of nitrogens with zero attached hydrogens (tertiary/aromatic N) is 7. The summed E-state index contributed by atoms with van der Waals surface area (Å²) in [5.41, 5.74) is 9.43. The van der Waals surface area contributed by atoms with Crippen molar-refractivity contribution in [2.24, 2.45) is 0 Å². The lowest BCUT2D eigenvalue weighted by Crippen LogP contribution is -2.40. The molecule has 2 fully saturated rings. The number of benzene rings is 1. The second-order valence-corrected chi connectivity index (χ2v) is 10.3. The fourth-order valence-electron chi connectivity index (χ4n) is 4.70. The van der Waals surface area contributed by atoms with Gasteiger partial charge in [0.25, 0.3) is 0 Å². The van der Waals surface area contributed by atoms with Gasteiger partial charge >= 0.3 is 0 Å². The third kappa shape index (κ3) is 4.58. The molecular weight excluding hydrogens is 480 g/mol. The molecule has 2 N–H and O–H groups in total. The molecule has 0 radical (unpaired) electrons. The standard InChI is InChI=1S/C24H28N8O3S/c25-23-26-15-17(16-27-23)21-20-5-6-32(22(20)29-24(28-21)30-7-11-34-12-8-30)18-1-3-19(4-2-18)36(33)31-9-13-35-14-10-31/h1-4,15-16H,5-14H2,(H2,25,26,27). The van der Waals surface area contributed by atoms with Crippen LogP contribution in [-0.4, -0.2) is 87.9 Å². The number of anilines is 4. The molecule has 5 heterocycles. The molecule has 1 aromatic carbocycles. The average Bonchev–Trinajstić information content (AvgIpc) is 3.38. The molecule has 0 saturated carbocycles. The van der Waals surface area contributed by atoms with E-state index in [1.807, 2.05) is 28.6 Å². The Bertz CT molecular complexity index is 1200. The first kappa shape index (κ1) is 23.4. The van der Waals surface area contributed by atoms with Crippen LogP contribution in [0.4, 0.5) is 23.4 Å². The van der Waals surface area contributed by atoms with Crippen molar-refractivity contribution in [2.45, 2.75) is 11.3 Å². The van der Waals surface area contributed by atoms with Crippen LogP contribution in [0.1, 0.15) is 5.56 Å². The minimum atomic E-state index is -1.20. The summed E-state index contributed by atoms with van der Waals surface area (Å²) in [6.45, 7) is 6.10. The smallest absolute Gasteiger partial charge is 0.228 e. The number of nitrogens with two attached hydrogens (primary N) is 1. The van der Waals surface area contributed by atoms with E-state index >= 15 is 0 Å². The summed E-state index contributed by atoms with van der Waals surface area (Å²) in [7, 11) is 0. The summed E-state index contributed by atoms with van der Waals surface area (Å²) in [5, 5.41) is 0. The normalized spacial score (nSPS) is 19.4. The van der Waals surface area contributed by atoms with Gasteiger partial charge in [-0.1, -0.05) is 0 Å². The van der Waals surface area contributed by atoms with Crippen molar-refractivity contribution in [1.29, 1.82) is 0 Å². The average molecular weight is 509 g/mol. The van der Waals surface area contributed by atoms with E-state index < -0.39 is 11.4 Å². The maximum Gasteiger partial charge on any atom is 0.228 e. The second kappa shape index (κ2) is 10.1. The fraction of sp³-hybridized carbons (Fsp3) is 0.417. The van der Waals surface area contributed by atoms with E-state index in [4.69, 9.17) is 25.2 Å². The molecule has 3 aliphatic heterocycles. The van der Waals surface area contributed by atoms with E-state index in [2.05, 4.69) is 19.8 Å². The number of ether oxygens (including phenoxy) is 2. The first-order chi connectivity index (χ1) is 17.7. The Morgan fingerprint density at radius 3 is 2.22 bits per heavy atom. The lowest BCUT2D eigenvalue weighted by atomic mass is 10.1. The van der Waals surface area contributed by atoms with E-state index in [0.29, 0.717) is 45.5 Å². The third-order valence-corrected chi connectivity index (χ3v) is 8.12. The summed E-state index contributed by atoms with van der Waals surface area (Å²) >= 11 is -1.20. The molecule has 1 unspecified atom stereocenters. The highest BCUT2D eigenvalue weighted by molar-refractivity contribution is 7.89. The molecule has 3 aromatic rings. The van der Waals surface area contributed by atoms with E-state index in [1.165, 1.54) is 0 Å². The van der Waals surface area contributed by atoms with Crippen molar-refractivity contribution in [1.82, 2.24) is 24.2 Å². The quantitative estimate of drug-likeness (QED) is 0.502. The molecule has 3 aliphatic rings. The number of fused-ring (bicyclic) bond motifs is 1. The van der Waals surface area contributed by atoms with Crippen molar-refractivity contribution in [3.8, 4) is 11.3 Å². The zero-order valence-corrected chi connectivity index (χ0v) is 20.7. The number of hydrogen-bond donors (Lipinski definition) is 1. The van der Waals surface area contributed by atoms with Gasteiger partial charge in [-0.05, 0) is 30.7 Å². The van der Waals surface area contributed by atoms with Gasteiger partial charge < -0.3 is 29.6 Å². The zero-order chi connectivity index (χ0) is 24.5. The number of aromatic nitrogens is 4. The zero-order valence-electron chi connectivity index (χ0n) is 19.9. The highest BCUT2D eigenvalue weighted by Gasteiger charge is 2.30. The van der Waals surface area contributed by atoms with Crippen molar-refractivity contribution in [3.63, 3.8) is 0 Å². The monoisotopic (exact) mass is 508 g/mol. The predicted molar refractivity (Wildman–Crippen MR) is 136 cm³/mol. The summed E-state index contributed by atoms with van der Waals surface area (Å²) < 4.78 is 25.9. The van der Waals surface area contributed by atoms with Crippen molar-refractivity contribution < 1.29 is 14.0 Å². The molecule has 188 valence electrons. The summed E-state index contributed by atoms with van der Waals surface area (Å²) in [6.07, 6.45) is 4.22. The molecule has 0 spiro atoms. The third-order valence-electron chi connectivity index (χ3n) is 6.61. The topological polar surface area (TPSA) is 129 Å². The van der Waals surface area contributed by atoms with Gasteiger partial charge in [0.2, 0.25) is 11.9 Å². The highest BCUT2D eigenvalue weighted by atomic mass is 32.2. The van der Waals surface area contributed by atoms with Gasteiger partial charge in [0, 0.05) is 48.8 Å². The first-order valence-electron chi connectivity index (χ1n) is 12.1. The van der Waals surface area contributed by atoms with E-state index in [-0.39, 0.29) is 5.95 Å². The van der Waals surface area contributed by atoms with E-state index in [0.717, 1.165) is 59.3 Å². The molecule has 0 aliphatic carbocycles. The van der Waals surface area contributed by atoms with Crippen LogP contribution in [0.2, 0.25) is 0 Å². The Balaban J connectivity index is 1.34. The Morgan fingerprint density at radius 2 is 1.53 bits per heavy atom. The summed E-state index contributed by atoms with van der Waals surface area (Å²) in [6, 6.07) is 7.92. The number of morpholine rings is 2. The number of rotatable bonds is 5. The number of nitrogen functional groups attached to an aromatic ring is 1. The molecule has 2 aromatic heterocycles. The molecule has 1 atom stereocenters. The maximum absolute atomic E-state index is 13.0. The fourth-order valence-corrected chi connectivity index (χ4v) is 5.85. The second-order valence-electron chi connectivity index (χ2n) is 8.79. The van der Waals surface area contributed by atoms with Crippen LogP contribution in [0.15, 0.2) is 41.6 Å². The molecular formula is C24H28N8O3S. The lowest BCUT2D eigenvalue weighted by Gasteiger charge is -2.28. The van der Waals surface area contributed by atoms with Crippen LogP contribution in [0.3, 0.4) is 0 Å². The van der Waals surface area contributed by atoms with Gasteiger partial charge in [-0.3, -0.25) is 0 Å². The van der Waals surface area contributed by atoms with Crippen molar-refractivity contribution in [2.75, 3.05) is 74.7 Å². The van der Waals surface area contributed by atoms with Crippen LogP contribution < -0.4 is 15.5 Å². The predicted octanol–water partition coefficient (Wildman–Crippen LogP) is 1.40. The summed E-state index contributed by atoms with van der Waals surface area (Å²) in [4.78, 5) is 23.5. The van der Waals surface area contributed by atoms with Crippen LogP contribution in [0, 0.1) is 0 Å². The van der Waals surface area contributed by atoms with Gasteiger partial charge in [0.1, 0.15) is 5.82 Å². The van der Waals surface area contributed by atoms with Gasteiger partial charge in [-0.2, -0.15) is 4.98 Å². The SMILES string of the molecule is Nc1ncc(-c2nc(N3CCOCC3)nc3c2CCN3c2ccc([S+]([O-])N3CCOCC3)cc2)cn1.